The molecule has 0 spiro atoms. The van der Waals surface area contributed by atoms with Gasteiger partial charge in [-0.05, 0) is 44.0 Å². The van der Waals surface area contributed by atoms with Gasteiger partial charge in [-0.25, -0.2) is 15.0 Å². The van der Waals surface area contributed by atoms with Crippen LogP contribution in [-0.4, -0.2) is 46.5 Å². The summed E-state index contributed by atoms with van der Waals surface area (Å²) < 4.78 is 0. The molecular formula is C19H20N6OS. The van der Waals surface area contributed by atoms with Gasteiger partial charge in [-0.3, -0.25) is 4.79 Å². The molecule has 0 radical (unpaired) electrons. The molecule has 0 atom stereocenters. The molecule has 5 rings (SSSR count). The highest BCUT2D eigenvalue weighted by molar-refractivity contribution is 7.19. The summed E-state index contributed by atoms with van der Waals surface area (Å²) in [7, 11) is 0. The zero-order valence-electron chi connectivity index (χ0n) is 14.8. The molecule has 0 bridgehead atoms. The van der Waals surface area contributed by atoms with Crippen molar-refractivity contribution in [1.82, 2.24) is 25.6 Å². The number of carbonyl (C=O) groups excluding carboxylic acids is 1. The Balaban J connectivity index is 1.46. The fourth-order valence-electron chi connectivity index (χ4n) is 3.81. The van der Waals surface area contributed by atoms with E-state index in [0.29, 0.717) is 10.5 Å². The van der Waals surface area contributed by atoms with Crippen molar-refractivity contribution in [2.24, 2.45) is 0 Å². The van der Waals surface area contributed by atoms with Crippen LogP contribution in [0, 0.1) is 0 Å². The number of amides is 1. The number of aromatic nitrogens is 3. The molecule has 7 nitrogen and oxygen atoms in total. The van der Waals surface area contributed by atoms with Crippen molar-refractivity contribution in [3.63, 3.8) is 0 Å². The van der Waals surface area contributed by atoms with E-state index in [-0.39, 0.29) is 11.9 Å². The van der Waals surface area contributed by atoms with Crippen LogP contribution in [0.3, 0.4) is 0 Å². The summed E-state index contributed by atoms with van der Waals surface area (Å²) in [5.74, 6) is 0.666. The largest absolute Gasteiger partial charge is 0.347 e. The van der Waals surface area contributed by atoms with Crippen molar-refractivity contribution < 1.29 is 4.79 Å². The number of fused-ring (bicyclic) bond motifs is 2. The lowest BCUT2D eigenvalue weighted by Crippen LogP contribution is -2.42. The average Bonchev–Trinajstić information content (AvgIpc) is 3.33. The summed E-state index contributed by atoms with van der Waals surface area (Å²) in [6.07, 6.45) is 4.44. The molecule has 2 N–H and O–H groups in total. The summed E-state index contributed by atoms with van der Waals surface area (Å²) in [4.78, 5) is 29.1. The highest BCUT2D eigenvalue weighted by atomic mass is 32.1. The van der Waals surface area contributed by atoms with E-state index in [2.05, 4.69) is 48.7 Å². The van der Waals surface area contributed by atoms with Crippen molar-refractivity contribution in [2.45, 2.75) is 25.3 Å². The van der Waals surface area contributed by atoms with E-state index < -0.39 is 0 Å². The van der Waals surface area contributed by atoms with E-state index in [1.807, 2.05) is 6.07 Å². The van der Waals surface area contributed by atoms with E-state index in [9.17, 15) is 4.79 Å². The van der Waals surface area contributed by atoms with Gasteiger partial charge in [0.05, 0.1) is 0 Å². The molecule has 2 aromatic heterocycles. The van der Waals surface area contributed by atoms with Gasteiger partial charge in [0.2, 0.25) is 0 Å². The van der Waals surface area contributed by atoms with Crippen LogP contribution in [0.25, 0.3) is 10.3 Å². The Morgan fingerprint density at radius 1 is 1.22 bits per heavy atom. The molecular weight excluding hydrogens is 360 g/mol. The number of hydrogen-bond donors (Lipinski definition) is 2. The first-order chi connectivity index (χ1) is 13.3. The van der Waals surface area contributed by atoms with Crippen LogP contribution in [0.4, 0.5) is 11.5 Å². The fraction of sp³-hybridized carbons (Fsp3) is 0.368. The Kier molecular flexibility index (Phi) is 4.21. The first-order valence-electron chi connectivity index (χ1n) is 9.28. The number of nitrogens with one attached hydrogen (secondary N) is 2. The van der Waals surface area contributed by atoms with Gasteiger partial charge in [-0.2, -0.15) is 0 Å². The summed E-state index contributed by atoms with van der Waals surface area (Å²) >= 11 is 1.33. The van der Waals surface area contributed by atoms with Gasteiger partial charge in [0.1, 0.15) is 16.7 Å². The zero-order valence-corrected chi connectivity index (χ0v) is 15.6. The maximum Gasteiger partial charge on any atom is 0.280 e. The average molecular weight is 380 g/mol. The van der Waals surface area contributed by atoms with E-state index in [0.717, 1.165) is 55.2 Å². The Bertz CT molecular complexity index is 997. The van der Waals surface area contributed by atoms with Crippen LogP contribution in [0.15, 0.2) is 30.6 Å². The minimum Gasteiger partial charge on any atom is -0.347 e. The lowest BCUT2D eigenvalue weighted by Gasteiger charge is -2.23. The molecule has 27 heavy (non-hydrogen) atoms. The molecule has 138 valence electrons. The maximum atomic E-state index is 12.7. The van der Waals surface area contributed by atoms with Gasteiger partial charge in [-0.15, -0.1) is 0 Å². The smallest absolute Gasteiger partial charge is 0.280 e. The highest BCUT2D eigenvalue weighted by Gasteiger charge is 2.26. The molecule has 8 heteroatoms. The summed E-state index contributed by atoms with van der Waals surface area (Å²) in [6.45, 7) is 2.74. The summed E-state index contributed by atoms with van der Waals surface area (Å²) in [5, 5.41) is 6.87. The minimum atomic E-state index is -0.113. The Labute approximate surface area is 160 Å². The first kappa shape index (κ1) is 16.6. The summed E-state index contributed by atoms with van der Waals surface area (Å²) in [5.41, 5.74) is 3.17. The SMILES string of the molecule is O=C(NC1CCNCC1)c1nc2c(N3CCc4ccccc43)ncnc2s1. The number of thiazole rings is 1. The van der Waals surface area contributed by atoms with Crippen molar-refractivity contribution in [3.05, 3.63) is 41.2 Å². The highest BCUT2D eigenvalue weighted by Crippen LogP contribution is 2.37. The van der Waals surface area contributed by atoms with E-state index in [1.165, 1.54) is 16.9 Å². The standard InChI is InChI=1S/C19H20N6OS/c26-17(23-13-5-8-20-9-6-13)19-24-15-16(21-11-22-18(15)27-19)25-10-7-12-3-1-2-4-14(12)25/h1-4,11,13,20H,5-10H2,(H,23,26). The van der Waals surface area contributed by atoms with Crippen LogP contribution < -0.4 is 15.5 Å². The second kappa shape index (κ2) is 6.86. The Morgan fingerprint density at radius 3 is 2.96 bits per heavy atom. The number of nitrogens with zero attached hydrogens (tertiary/aromatic N) is 4. The Hall–Kier alpha value is -2.58. The van der Waals surface area contributed by atoms with E-state index in [1.54, 1.807) is 6.33 Å². The van der Waals surface area contributed by atoms with Crippen molar-refractivity contribution in [2.75, 3.05) is 24.5 Å². The van der Waals surface area contributed by atoms with Crippen molar-refractivity contribution >= 4 is 39.1 Å². The van der Waals surface area contributed by atoms with Gasteiger partial charge in [0.25, 0.3) is 5.91 Å². The van der Waals surface area contributed by atoms with Gasteiger partial charge < -0.3 is 15.5 Å². The second-order valence-electron chi connectivity index (χ2n) is 6.90. The maximum absolute atomic E-state index is 12.7. The predicted molar refractivity (Wildman–Crippen MR) is 106 cm³/mol. The molecule has 1 fully saturated rings. The predicted octanol–water partition coefficient (Wildman–Crippen LogP) is 2.26. The second-order valence-corrected chi connectivity index (χ2v) is 7.88. The quantitative estimate of drug-likeness (QED) is 0.725. The third kappa shape index (κ3) is 3.04. The molecule has 2 aliphatic rings. The monoisotopic (exact) mass is 380 g/mol. The molecule has 1 saturated heterocycles. The summed E-state index contributed by atoms with van der Waals surface area (Å²) in [6, 6.07) is 8.56. The fourth-order valence-corrected chi connectivity index (χ4v) is 4.61. The van der Waals surface area contributed by atoms with Crippen LogP contribution in [-0.2, 0) is 6.42 Å². The Morgan fingerprint density at radius 2 is 2.07 bits per heavy atom. The number of para-hydroxylation sites is 1. The topological polar surface area (TPSA) is 83.0 Å². The first-order valence-corrected chi connectivity index (χ1v) is 10.1. The molecule has 4 heterocycles. The molecule has 1 amide bonds. The molecule has 0 aliphatic carbocycles. The van der Waals surface area contributed by atoms with E-state index >= 15 is 0 Å². The third-order valence-electron chi connectivity index (χ3n) is 5.19. The van der Waals surface area contributed by atoms with Crippen LogP contribution >= 0.6 is 11.3 Å². The lowest BCUT2D eigenvalue weighted by molar-refractivity contribution is 0.0929. The number of benzene rings is 1. The molecule has 0 saturated carbocycles. The van der Waals surface area contributed by atoms with Crippen molar-refractivity contribution in [1.29, 1.82) is 0 Å². The molecule has 1 aromatic carbocycles. The zero-order chi connectivity index (χ0) is 18.2. The molecule has 0 unspecified atom stereocenters. The number of rotatable bonds is 3. The van der Waals surface area contributed by atoms with Gasteiger partial charge in [-0.1, -0.05) is 29.5 Å². The van der Waals surface area contributed by atoms with Crippen molar-refractivity contribution in [3.8, 4) is 0 Å². The third-order valence-corrected chi connectivity index (χ3v) is 6.15. The van der Waals surface area contributed by atoms with Crippen LogP contribution in [0.2, 0.25) is 0 Å². The lowest BCUT2D eigenvalue weighted by atomic mass is 10.1. The molecule has 3 aromatic rings. The van der Waals surface area contributed by atoms with Gasteiger partial charge in [0.15, 0.2) is 10.8 Å². The number of piperidine rings is 1. The molecule has 2 aliphatic heterocycles. The number of carbonyl (C=O) groups is 1. The normalized spacial score (nSPS) is 17.3. The van der Waals surface area contributed by atoms with Crippen LogP contribution in [0.1, 0.15) is 28.2 Å². The van der Waals surface area contributed by atoms with Crippen LogP contribution in [0.5, 0.6) is 0 Å². The number of hydrogen-bond acceptors (Lipinski definition) is 7. The van der Waals surface area contributed by atoms with E-state index in [4.69, 9.17) is 0 Å². The van der Waals surface area contributed by atoms with Gasteiger partial charge in [0, 0.05) is 18.3 Å². The minimum absolute atomic E-state index is 0.113. The number of anilines is 2. The van der Waals surface area contributed by atoms with Gasteiger partial charge >= 0.3 is 0 Å².